The van der Waals surface area contributed by atoms with E-state index in [0.29, 0.717) is 18.9 Å². The summed E-state index contributed by atoms with van der Waals surface area (Å²) in [6, 6.07) is 1.43. The van der Waals surface area contributed by atoms with Crippen molar-refractivity contribution < 1.29 is 51.7 Å². The van der Waals surface area contributed by atoms with Gasteiger partial charge in [-0.05, 0) is 56.9 Å². The zero-order valence-electron chi connectivity index (χ0n) is 23.2. The summed E-state index contributed by atoms with van der Waals surface area (Å²) in [5.74, 6) is -13.5. The third kappa shape index (κ3) is 6.74. The van der Waals surface area contributed by atoms with Gasteiger partial charge in [0, 0.05) is 5.92 Å². The lowest BCUT2D eigenvalue weighted by atomic mass is 9.80. The highest BCUT2D eigenvalue weighted by atomic mass is 19.2. The Morgan fingerprint density at radius 1 is 1.00 bits per heavy atom. The van der Waals surface area contributed by atoms with Crippen molar-refractivity contribution in [1.29, 1.82) is 0 Å². The smallest absolute Gasteiger partial charge is 0.312 e. The Labute approximate surface area is 243 Å². The summed E-state index contributed by atoms with van der Waals surface area (Å²) < 4.78 is 61.7. The van der Waals surface area contributed by atoms with Crippen molar-refractivity contribution in [1.82, 2.24) is 16.0 Å². The van der Waals surface area contributed by atoms with Gasteiger partial charge in [0.1, 0.15) is 11.8 Å². The Kier molecular flexibility index (Phi) is 9.58. The summed E-state index contributed by atoms with van der Waals surface area (Å²) in [5, 5.41) is 28.6. The van der Waals surface area contributed by atoms with E-state index in [2.05, 4.69) is 16.0 Å². The third-order valence-electron chi connectivity index (χ3n) is 7.91. The molecule has 2 aliphatic rings. The predicted octanol–water partition coefficient (Wildman–Crippen LogP) is 2.00. The molecule has 1 heterocycles. The number of amides is 3. The van der Waals surface area contributed by atoms with Gasteiger partial charge < -0.3 is 30.9 Å². The molecule has 0 radical (unpaired) electrons. The SMILES string of the molecule is C[C@H]1NC(=O)C(C2CCC2)OC(=O)[C@H](C)[C@H](O)[C@H](Cc2cc(F)c(F)c(F)c2F)NC(=O)[C@H]1NC(=O)c1ccccc1O. The number of carbonyl (C=O) groups excluding carboxylic acids is 4. The van der Waals surface area contributed by atoms with Crippen molar-refractivity contribution in [3.63, 3.8) is 0 Å². The lowest BCUT2D eigenvalue weighted by molar-refractivity contribution is -0.169. The zero-order chi connectivity index (χ0) is 31.6. The second kappa shape index (κ2) is 13.0. The number of hydrogen-bond acceptors (Lipinski definition) is 7. The number of esters is 1. The average Bonchev–Trinajstić information content (AvgIpc) is 2.94. The molecular formula is C29H31F4N3O7. The summed E-state index contributed by atoms with van der Waals surface area (Å²) in [4.78, 5) is 52.9. The minimum atomic E-state index is -2.11. The number of ether oxygens (including phenoxy) is 1. The van der Waals surface area contributed by atoms with Crippen LogP contribution in [-0.4, -0.2) is 64.2 Å². The average molecular weight is 610 g/mol. The third-order valence-corrected chi connectivity index (χ3v) is 7.91. The van der Waals surface area contributed by atoms with Crippen LogP contribution in [0.5, 0.6) is 5.75 Å². The molecule has 1 unspecified atom stereocenters. The Morgan fingerprint density at radius 3 is 2.30 bits per heavy atom. The molecule has 5 N–H and O–H groups in total. The maximum atomic E-state index is 14.6. The van der Waals surface area contributed by atoms with Crippen LogP contribution in [0.25, 0.3) is 0 Å². The number of aliphatic hydroxyl groups is 1. The molecule has 10 nitrogen and oxygen atoms in total. The van der Waals surface area contributed by atoms with Crippen LogP contribution in [0.1, 0.15) is 49.0 Å². The minimum Gasteiger partial charge on any atom is -0.507 e. The number of halogens is 4. The topological polar surface area (TPSA) is 154 Å². The quantitative estimate of drug-likeness (QED) is 0.150. The van der Waals surface area contributed by atoms with Crippen LogP contribution in [0.4, 0.5) is 17.6 Å². The standard InChI is InChI=1S/C29H31F4N3O7/c1-12-24(38)18(11-15-10-17(30)21(32)22(33)20(15)31)35-27(40)23(36-26(39)16-8-3-4-9-19(16)37)13(2)34-28(41)25(43-29(12)42)14-6-5-7-14/h3-4,8-10,12-14,18,23-25,37-38H,5-7,11H2,1-2H3,(H,34,41)(H,35,40)(H,36,39)/t12-,13-,18+,23+,24+,25?/m1/s1. The monoisotopic (exact) mass is 609 g/mol. The van der Waals surface area contributed by atoms with Gasteiger partial charge in [-0.3, -0.25) is 19.2 Å². The first-order valence-corrected chi connectivity index (χ1v) is 13.7. The lowest BCUT2D eigenvalue weighted by Gasteiger charge is -2.37. The van der Waals surface area contributed by atoms with Crippen LogP contribution in [0, 0.1) is 35.1 Å². The molecule has 2 aromatic rings. The number of hydrogen-bond donors (Lipinski definition) is 5. The number of aliphatic hydroxyl groups excluding tert-OH is 1. The van der Waals surface area contributed by atoms with E-state index in [-0.39, 0.29) is 11.5 Å². The van der Waals surface area contributed by atoms with Gasteiger partial charge in [-0.25, -0.2) is 17.6 Å². The number of phenols is 1. The first kappa shape index (κ1) is 31.7. The number of rotatable bonds is 5. The van der Waals surface area contributed by atoms with Gasteiger partial charge in [0.05, 0.1) is 29.7 Å². The number of phenolic OH excluding ortho intramolecular Hbond substituents is 1. The maximum absolute atomic E-state index is 14.6. The van der Waals surface area contributed by atoms with E-state index in [1.54, 1.807) is 0 Å². The zero-order valence-corrected chi connectivity index (χ0v) is 23.2. The van der Waals surface area contributed by atoms with Crippen LogP contribution in [0.3, 0.4) is 0 Å². The van der Waals surface area contributed by atoms with Crippen LogP contribution >= 0.6 is 0 Å². The van der Waals surface area contributed by atoms with Gasteiger partial charge >= 0.3 is 5.97 Å². The van der Waals surface area contributed by atoms with Gasteiger partial charge in [0.15, 0.2) is 29.4 Å². The normalized spacial score (nSPS) is 27.1. The van der Waals surface area contributed by atoms with Crippen LogP contribution in [-0.2, 0) is 25.5 Å². The Balaban J connectivity index is 1.73. The molecule has 14 heteroatoms. The van der Waals surface area contributed by atoms with E-state index in [9.17, 15) is 47.0 Å². The molecular weight excluding hydrogens is 578 g/mol. The molecule has 0 spiro atoms. The molecule has 1 aliphatic carbocycles. The second-order valence-electron chi connectivity index (χ2n) is 10.9. The van der Waals surface area contributed by atoms with Gasteiger partial charge in [-0.15, -0.1) is 0 Å². The Morgan fingerprint density at radius 2 is 1.67 bits per heavy atom. The minimum absolute atomic E-state index is 0.203. The van der Waals surface area contributed by atoms with E-state index in [1.807, 2.05) is 0 Å². The summed E-state index contributed by atoms with van der Waals surface area (Å²) in [6.45, 7) is 2.59. The molecule has 0 aromatic heterocycles. The fourth-order valence-electron chi connectivity index (χ4n) is 5.06. The molecule has 3 amide bonds. The van der Waals surface area contributed by atoms with E-state index in [1.165, 1.54) is 38.1 Å². The number of cyclic esters (lactones) is 1. The number of carbonyl (C=O) groups is 4. The molecule has 1 saturated carbocycles. The molecule has 1 saturated heterocycles. The lowest BCUT2D eigenvalue weighted by Crippen LogP contribution is -2.63. The second-order valence-corrected chi connectivity index (χ2v) is 10.9. The Hall–Kier alpha value is -4.20. The molecule has 232 valence electrons. The molecule has 1 aliphatic heterocycles. The van der Waals surface area contributed by atoms with E-state index in [0.717, 1.165) is 6.42 Å². The Bertz CT molecular complexity index is 1420. The van der Waals surface area contributed by atoms with Crippen molar-refractivity contribution in [3.05, 3.63) is 64.7 Å². The van der Waals surface area contributed by atoms with Crippen molar-refractivity contribution in [3.8, 4) is 5.75 Å². The number of benzene rings is 2. The fourth-order valence-corrected chi connectivity index (χ4v) is 5.06. The highest BCUT2D eigenvalue weighted by molar-refractivity contribution is 6.00. The van der Waals surface area contributed by atoms with E-state index in [4.69, 9.17) is 4.74 Å². The highest BCUT2D eigenvalue weighted by Gasteiger charge is 2.42. The first-order valence-electron chi connectivity index (χ1n) is 13.7. The van der Waals surface area contributed by atoms with Crippen LogP contribution < -0.4 is 16.0 Å². The van der Waals surface area contributed by atoms with Crippen molar-refractivity contribution in [2.45, 2.75) is 69.9 Å². The molecule has 6 atom stereocenters. The summed E-state index contributed by atoms with van der Waals surface area (Å²) in [5.41, 5.74) is -0.956. The van der Waals surface area contributed by atoms with Crippen molar-refractivity contribution in [2.75, 3.05) is 0 Å². The van der Waals surface area contributed by atoms with Crippen LogP contribution in [0.2, 0.25) is 0 Å². The van der Waals surface area contributed by atoms with Crippen LogP contribution in [0.15, 0.2) is 30.3 Å². The van der Waals surface area contributed by atoms with E-state index >= 15 is 0 Å². The van der Waals surface area contributed by atoms with Crippen molar-refractivity contribution in [2.24, 2.45) is 11.8 Å². The summed E-state index contributed by atoms with van der Waals surface area (Å²) >= 11 is 0. The number of nitrogens with one attached hydrogen (secondary N) is 3. The number of aromatic hydroxyl groups is 1. The molecule has 4 rings (SSSR count). The van der Waals surface area contributed by atoms with Gasteiger partial charge in [0.2, 0.25) is 5.91 Å². The molecule has 2 fully saturated rings. The summed E-state index contributed by atoms with van der Waals surface area (Å²) in [6.07, 6.45) is -2.05. The fraction of sp³-hybridized carbons (Fsp3) is 0.448. The maximum Gasteiger partial charge on any atom is 0.312 e. The van der Waals surface area contributed by atoms with Gasteiger partial charge in [-0.1, -0.05) is 18.6 Å². The van der Waals surface area contributed by atoms with Gasteiger partial charge in [-0.2, -0.15) is 0 Å². The molecule has 0 bridgehead atoms. The van der Waals surface area contributed by atoms with E-state index < -0.39 is 101 Å². The van der Waals surface area contributed by atoms with Crippen molar-refractivity contribution >= 4 is 23.7 Å². The van der Waals surface area contributed by atoms with Gasteiger partial charge in [0.25, 0.3) is 11.8 Å². The largest absolute Gasteiger partial charge is 0.507 e. The first-order chi connectivity index (χ1) is 20.3. The molecule has 2 aromatic carbocycles. The highest BCUT2D eigenvalue weighted by Crippen LogP contribution is 2.32. The molecule has 43 heavy (non-hydrogen) atoms. The summed E-state index contributed by atoms with van der Waals surface area (Å²) in [7, 11) is 0. The predicted molar refractivity (Wildman–Crippen MR) is 141 cm³/mol. The number of para-hydroxylation sites is 1.